The monoisotopic (exact) mass is 266 g/mol. The van der Waals surface area contributed by atoms with E-state index in [0.717, 1.165) is 11.6 Å². The lowest BCUT2D eigenvalue weighted by molar-refractivity contribution is 0.151. The van der Waals surface area contributed by atoms with Gasteiger partial charge in [0.25, 0.3) is 0 Å². The average Bonchev–Trinajstić information content (AvgIpc) is 2.56. The first-order valence-electron chi connectivity index (χ1n) is 6.93. The van der Waals surface area contributed by atoms with Gasteiger partial charge in [0.05, 0.1) is 0 Å². The number of rotatable bonds is 3. The summed E-state index contributed by atoms with van der Waals surface area (Å²) in [6.45, 7) is 4.12. The van der Waals surface area contributed by atoms with Crippen molar-refractivity contribution in [1.29, 1.82) is 0 Å². The highest BCUT2D eigenvalue weighted by Gasteiger charge is 2.25. The van der Waals surface area contributed by atoms with E-state index in [1.807, 2.05) is 12.1 Å². The van der Waals surface area contributed by atoms with Gasteiger partial charge in [-0.3, -0.25) is 4.90 Å². The van der Waals surface area contributed by atoms with Crippen molar-refractivity contribution in [2.24, 2.45) is 5.73 Å². The molecular formula is C15H23ClN2. The molecule has 2 rings (SSSR count). The lowest BCUT2D eigenvalue weighted by atomic mass is 10.0. The van der Waals surface area contributed by atoms with Gasteiger partial charge in [0.1, 0.15) is 0 Å². The van der Waals surface area contributed by atoms with Gasteiger partial charge in [-0.15, -0.1) is 0 Å². The van der Waals surface area contributed by atoms with E-state index in [9.17, 15) is 0 Å². The van der Waals surface area contributed by atoms with Crippen LogP contribution in [-0.2, 0) is 0 Å². The molecule has 2 unspecified atom stereocenters. The van der Waals surface area contributed by atoms with Crippen molar-refractivity contribution in [3.8, 4) is 0 Å². The van der Waals surface area contributed by atoms with Crippen molar-refractivity contribution in [2.75, 3.05) is 13.1 Å². The molecular weight excluding hydrogens is 244 g/mol. The minimum absolute atomic E-state index is 0.303. The lowest BCUT2D eigenvalue weighted by Gasteiger charge is -2.35. The molecule has 1 aromatic rings. The number of benzene rings is 1. The van der Waals surface area contributed by atoms with E-state index in [1.54, 1.807) is 0 Å². The van der Waals surface area contributed by atoms with Crippen LogP contribution in [0.25, 0.3) is 0 Å². The molecule has 2 atom stereocenters. The van der Waals surface area contributed by atoms with Gasteiger partial charge >= 0.3 is 0 Å². The lowest BCUT2D eigenvalue weighted by Crippen LogP contribution is -2.39. The summed E-state index contributed by atoms with van der Waals surface area (Å²) in [7, 11) is 0. The van der Waals surface area contributed by atoms with Gasteiger partial charge < -0.3 is 5.73 Å². The fourth-order valence-electron chi connectivity index (χ4n) is 2.94. The Bertz CT molecular complexity index is 381. The molecule has 0 bridgehead atoms. The van der Waals surface area contributed by atoms with E-state index in [4.69, 9.17) is 17.3 Å². The van der Waals surface area contributed by atoms with E-state index >= 15 is 0 Å². The standard InChI is InChI=1S/C15H23ClN2/c1-12-6-3-2-4-9-18(12)15(11-17)13-7-5-8-14(16)10-13/h5,7-8,10,12,15H,2-4,6,9,11,17H2,1H3. The molecule has 0 aromatic heterocycles. The van der Waals surface area contributed by atoms with Crippen molar-refractivity contribution >= 4 is 11.6 Å². The normalized spacial score (nSPS) is 23.6. The van der Waals surface area contributed by atoms with Gasteiger partial charge in [0.2, 0.25) is 0 Å². The highest BCUT2D eigenvalue weighted by atomic mass is 35.5. The summed E-state index contributed by atoms with van der Waals surface area (Å²) in [4.78, 5) is 2.55. The molecule has 1 heterocycles. The van der Waals surface area contributed by atoms with Crippen LogP contribution in [0.3, 0.4) is 0 Å². The maximum Gasteiger partial charge on any atom is 0.0473 e. The van der Waals surface area contributed by atoms with Gasteiger partial charge in [0.15, 0.2) is 0 Å². The third-order valence-corrected chi connectivity index (χ3v) is 4.20. The smallest absolute Gasteiger partial charge is 0.0473 e. The van der Waals surface area contributed by atoms with Gasteiger partial charge in [0, 0.05) is 23.7 Å². The molecule has 0 spiro atoms. The van der Waals surface area contributed by atoms with Crippen LogP contribution in [-0.4, -0.2) is 24.0 Å². The molecule has 18 heavy (non-hydrogen) atoms. The molecule has 2 nitrogen and oxygen atoms in total. The van der Waals surface area contributed by atoms with Crippen LogP contribution < -0.4 is 5.73 Å². The van der Waals surface area contributed by atoms with Crippen molar-refractivity contribution in [3.63, 3.8) is 0 Å². The number of likely N-dealkylation sites (tertiary alicyclic amines) is 1. The molecule has 0 aliphatic carbocycles. The number of nitrogens with two attached hydrogens (primary N) is 1. The van der Waals surface area contributed by atoms with E-state index in [1.165, 1.54) is 31.2 Å². The molecule has 0 saturated carbocycles. The molecule has 1 aromatic carbocycles. The Balaban J connectivity index is 2.21. The van der Waals surface area contributed by atoms with Crippen molar-refractivity contribution in [1.82, 2.24) is 4.90 Å². The van der Waals surface area contributed by atoms with Crippen molar-refractivity contribution in [3.05, 3.63) is 34.9 Å². The SMILES string of the molecule is CC1CCCCCN1C(CN)c1cccc(Cl)c1. The van der Waals surface area contributed by atoms with E-state index < -0.39 is 0 Å². The first-order valence-corrected chi connectivity index (χ1v) is 7.31. The number of nitrogens with zero attached hydrogens (tertiary/aromatic N) is 1. The number of halogens is 1. The summed E-state index contributed by atoms with van der Waals surface area (Å²) in [5, 5.41) is 0.799. The molecule has 0 radical (unpaired) electrons. The van der Waals surface area contributed by atoms with E-state index in [-0.39, 0.29) is 0 Å². The second-order valence-electron chi connectivity index (χ2n) is 5.24. The maximum atomic E-state index is 6.09. The van der Waals surface area contributed by atoms with Gasteiger partial charge in [-0.1, -0.05) is 36.6 Å². The fourth-order valence-corrected chi connectivity index (χ4v) is 3.14. The predicted octanol–water partition coefficient (Wildman–Crippen LogP) is 3.60. The minimum atomic E-state index is 0.303. The predicted molar refractivity (Wildman–Crippen MR) is 77.9 cm³/mol. The van der Waals surface area contributed by atoms with E-state index in [2.05, 4.69) is 24.0 Å². The van der Waals surface area contributed by atoms with E-state index in [0.29, 0.717) is 18.6 Å². The Hall–Kier alpha value is -0.570. The largest absolute Gasteiger partial charge is 0.329 e. The summed E-state index contributed by atoms with van der Waals surface area (Å²) >= 11 is 6.09. The quantitative estimate of drug-likeness (QED) is 0.906. The van der Waals surface area contributed by atoms with Gasteiger partial charge in [-0.25, -0.2) is 0 Å². The van der Waals surface area contributed by atoms with Crippen LogP contribution in [0, 0.1) is 0 Å². The third-order valence-electron chi connectivity index (χ3n) is 3.96. The molecule has 1 aliphatic heterocycles. The molecule has 100 valence electrons. The number of hydrogen-bond acceptors (Lipinski definition) is 2. The highest BCUT2D eigenvalue weighted by molar-refractivity contribution is 6.30. The maximum absolute atomic E-state index is 6.09. The third kappa shape index (κ3) is 3.25. The summed E-state index contributed by atoms with van der Waals surface area (Å²) in [6.07, 6.45) is 5.23. The Morgan fingerprint density at radius 3 is 2.94 bits per heavy atom. The molecule has 1 fully saturated rings. The first-order chi connectivity index (χ1) is 8.72. The van der Waals surface area contributed by atoms with Crippen molar-refractivity contribution in [2.45, 2.75) is 44.7 Å². The minimum Gasteiger partial charge on any atom is -0.329 e. The van der Waals surface area contributed by atoms with Crippen LogP contribution >= 0.6 is 11.6 Å². The second kappa shape index (κ2) is 6.55. The van der Waals surface area contributed by atoms with Crippen LogP contribution in [0.2, 0.25) is 5.02 Å². The molecule has 2 N–H and O–H groups in total. The number of hydrogen-bond donors (Lipinski definition) is 1. The first kappa shape index (κ1) is 13.9. The average molecular weight is 267 g/mol. The zero-order valence-corrected chi connectivity index (χ0v) is 11.9. The summed E-state index contributed by atoms with van der Waals surface area (Å²) < 4.78 is 0. The molecule has 1 aliphatic rings. The van der Waals surface area contributed by atoms with Crippen LogP contribution in [0.5, 0.6) is 0 Å². The zero-order valence-electron chi connectivity index (χ0n) is 11.1. The topological polar surface area (TPSA) is 29.3 Å². The summed E-state index contributed by atoms with van der Waals surface area (Å²) in [5.74, 6) is 0. The van der Waals surface area contributed by atoms with Gasteiger partial charge in [-0.05, 0) is 44.0 Å². The Morgan fingerprint density at radius 2 is 2.22 bits per heavy atom. The molecule has 1 saturated heterocycles. The Kier molecular flexibility index (Phi) is 5.04. The Labute approximate surface area is 115 Å². The van der Waals surface area contributed by atoms with Gasteiger partial charge in [-0.2, -0.15) is 0 Å². The van der Waals surface area contributed by atoms with Crippen LogP contribution in [0.4, 0.5) is 0 Å². The fraction of sp³-hybridized carbons (Fsp3) is 0.600. The highest BCUT2D eigenvalue weighted by Crippen LogP contribution is 2.28. The zero-order chi connectivity index (χ0) is 13.0. The second-order valence-corrected chi connectivity index (χ2v) is 5.68. The summed E-state index contributed by atoms with van der Waals surface area (Å²) in [6, 6.07) is 9.04. The van der Waals surface area contributed by atoms with Crippen LogP contribution in [0.15, 0.2) is 24.3 Å². The van der Waals surface area contributed by atoms with Crippen LogP contribution in [0.1, 0.15) is 44.2 Å². The summed E-state index contributed by atoms with van der Waals surface area (Å²) in [5.41, 5.74) is 7.26. The van der Waals surface area contributed by atoms with Crippen molar-refractivity contribution < 1.29 is 0 Å². The Morgan fingerprint density at radius 1 is 1.39 bits per heavy atom. The molecule has 3 heteroatoms. The molecule has 0 amide bonds.